The predicted octanol–water partition coefficient (Wildman–Crippen LogP) is 4.19. The first-order valence-corrected chi connectivity index (χ1v) is 6.12. The van der Waals surface area contributed by atoms with Crippen LogP contribution in [-0.4, -0.2) is 11.1 Å². The molecule has 0 fully saturated rings. The standard InChI is InChI=1S/C13H9ClO2S/c14-10-6-2-4-8-12(10)17-11-7-3-1-5-9(11)13(15)16/h1-8H,(H,15,16). The molecule has 0 aliphatic heterocycles. The van der Waals surface area contributed by atoms with Gasteiger partial charge in [-0.25, -0.2) is 4.79 Å². The zero-order chi connectivity index (χ0) is 12.3. The number of halogens is 1. The second-order valence-corrected chi connectivity index (χ2v) is 4.82. The summed E-state index contributed by atoms with van der Waals surface area (Å²) >= 11 is 7.39. The minimum Gasteiger partial charge on any atom is -0.478 e. The summed E-state index contributed by atoms with van der Waals surface area (Å²) in [5.41, 5.74) is 0.289. The molecule has 86 valence electrons. The Hall–Kier alpha value is -1.45. The van der Waals surface area contributed by atoms with Gasteiger partial charge in [-0.2, -0.15) is 0 Å². The van der Waals surface area contributed by atoms with Gasteiger partial charge in [0.05, 0.1) is 10.6 Å². The van der Waals surface area contributed by atoms with E-state index in [-0.39, 0.29) is 5.56 Å². The topological polar surface area (TPSA) is 37.3 Å². The van der Waals surface area contributed by atoms with E-state index < -0.39 is 5.97 Å². The Morgan fingerprint density at radius 3 is 2.24 bits per heavy atom. The average molecular weight is 265 g/mol. The average Bonchev–Trinajstić information content (AvgIpc) is 2.32. The van der Waals surface area contributed by atoms with Crippen LogP contribution in [0.3, 0.4) is 0 Å². The molecule has 0 saturated carbocycles. The lowest BCUT2D eigenvalue weighted by atomic mass is 10.2. The predicted molar refractivity (Wildman–Crippen MR) is 69.0 cm³/mol. The van der Waals surface area contributed by atoms with Crippen molar-refractivity contribution in [3.8, 4) is 0 Å². The molecule has 2 nitrogen and oxygen atoms in total. The van der Waals surface area contributed by atoms with Crippen LogP contribution in [0.2, 0.25) is 5.02 Å². The molecule has 2 rings (SSSR count). The molecule has 0 aliphatic carbocycles. The van der Waals surface area contributed by atoms with Gasteiger partial charge in [-0.15, -0.1) is 0 Å². The van der Waals surface area contributed by atoms with Gasteiger partial charge in [-0.05, 0) is 24.3 Å². The lowest BCUT2D eigenvalue weighted by Crippen LogP contribution is -1.97. The summed E-state index contributed by atoms with van der Waals surface area (Å²) in [7, 11) is 0. The van der Waals surface area contributed by atoms with Crippen LogP contribution in [0.4, 0.5) is 0 Å². The van der Waals surface area contributed by atoms with Crippen LogP contribution in [0.25, 0.3) is 0 Å². The Kier molecular flexibility index (Phi) is 3.71. The quantitative estimate of drug-likeness (QED) is 0.903. The minimum absolute atomic E-state index is 0.289. The SMILES string of the molecule is O=C(O)c1ccccc1Sc1ccccc1Cl. The molecule has 2 aromatic rings. The maximum atomic E-state index is 11.1. The smallest absolute Gasteiger partial charge is 0.336 e. The van der Waals surface area contributed by atoms with E-state index in [2.05, 4.69) is 0 Å². The van der Waals surface area contributed by atoms with Crippen LogP contribution in [-0.2, 0) is 0 Å². The van der Waals surface area contributed by atoms with E-state index in [0.717, 1.165) is 4.90 Å². The van der Waals surface area contributed by atoms with Crippen molar-refractivity contribution in [1.82, 2.24) is 0 Å². The Bertz CT molecular complexity index is 555. The molecule has 0 bridgehead atoms. The molecule has 0 amide bonds. The summed E-state index contributed by atoms with van der Waals surface area (Å²) in [5.74, 6) is -0.930. The van der Waals surface area contributed by atoms with E-state index in [1.807, 2.05) is 24.3 Å². The van der Waals surface area contributed by atoms with Crippen molar-refractivity contribution in [1.29, 1.82) is 0 Å². The van der Waals surface area contributed by atoms with E-state index in [0.29, 0.717) is 9.92 Å². The number of carboxylic acid groups (broad SMARTS) is 1. The zero-order valence-corrected chi connectivity index (χ0v) is 10.3. The van der Waals surface area contributed by atoms with Gasteiger partial charge in [0.25, 0.3) is 0 Å². The second kappa shape index (κ2) is 5.25. The lowest BCUT2D eigenvalue weighted by Gasteiger charge is -2.06. The van der Waals surface area contributed by atoms with Crippen LogP contribution in [0.5, 0.6) is 0 Å². The monoisotopic (exact) mass is 264 g/mol. The highest BCUT2D eigenvalue weighted by molar-refractivity contribution is 7.99. The Balaban J connectivity index is 2.37. The van der Waals surface area contributed by atoms with Gasteiger partial charge >= 0.3 is 5.97 Å². The molecule has 0 atom stereocenters. The first-order chi connectivity index (χ1) is 8.18. The van der Waals surface area contributed by atoms with E-state index in [4.69, 9.17) is 16.7 Å². The summed E-state index contributed by atoms with van der Waals surface area (Å²) in [4.78, 5) is 12.6. The molecule has 1 N–H and O–H groups in total. The highest BCUT2D eigenvalue weighted by Gasteiger charge is 2.11. The van der Waals surface area contributed by atoms with Gasteiger partial charge in [0, 0.05) is 9.79 Å². The van der Waals surface area contributed by atoms with Crippen molar-refractivity contribution >= 4 is 29.3 Å². The number of hydrogen-bond donors (Lipinski definition) is 1. The summed E-state index contributed by atoms with van der Waals surface area (Å²) in [6, 6.07) is 14.2. The van der Waals surface area contributed by atoms with Crippen molar-refractivity contribution in [3.63, 3.8) is 0 Å². The maximum absolute atomic E-state index is 11.1. The van der Waals surface area contributed by atoms with Crippen LogP contribution >= 0.6 is 23.4 Å². The summed E-state index contributed by atoms with van der Waals surface area (Å²) in [6.07, 6.45) is 0. The Morgan fingerprint density at radius 1 is 1.00 bits per heavy atom. The number of rotatable bonds is 3. The van der Waals surface area contributed by atoms with Crippen LogP contribution in [0, 0.1) is 0 Å². The summed E-state index contributed by atoms with van der Waals surface area (Å²) < 4.78 is 0. The molecular weight excluding hydrogens is 256 g/mol. The van der Waals surface area contributed by atoms with Gasteiger partial charge in [-0.1, -0.05) is 47.6 Å². The van der Waals surface area contributed by atoms with Crippen molar-refractivity contribution in [2.24, 2.45) is 0 Å². The number of carbonyl (C=O) groups is 1. The minimum atomic E-state index is -0.930. The molecule has 0 radical (unpaired) electrons. The molecule has 17 heavy (non-hydrogen) atoms. The highest BCUT2D eigenvalue weighted by Crippen LogP contribution is 2.34. The number of aromatic carboxylic acids is 1. The van der Waals surface area contributed by atoms with E-state index in [1.165, 1.54) is 11.8 Å². The van der Waals surface area contributed by atoms with Crippen LogP contribution in [0.15, 0.2) is 58.3 Å². The molecule has 0 heterocycles. The molecular formula is C13H9ClO2S. The third kappa shape index (κ3) is 2.81. The van der Waals surface area contributed by atoms with Crippen molar-refractivity contribution in [3.05, 3.63) is 59.1 Å². The molecule has 0 unspecified atom stereocenters. The van der Waals surface area contributed by atoms with Gasteiger partial charge in [0.2, 0.25) is 0 Å². The van der Waals surface area contributed by atoms with Crippen molar-refractivity contribution in [2.45, 2.75) is 9.79 Å². The van der Waals surface area contributed by atoms with E-state index in [9.17, 15) is 4.79 Å². The highest BCUT2D eigenvalue weighted by atomic mass is 35.5. The molecule has 0 saturated heterocycles. The zero-order valence-electron chi connectivity index (χ0n) is 8.76. The molecule has 4 heteroatoms. The molecule has 2 aromatic carbocycles. The normalized spacial score (nSPS) is 10.2. The van der Waals surface area contributed by atoms with Crippen molar-refractivity contribution in [2.75, 3.05) is 0 Å². The van der Waals surface area contributed by atoms with E-state index in [1.54, 1.807) is 24.3 Å². The molecule has 0 aromatic heterocycles. The van der Waals surface area contributed by atoms with E-state index >= 15 is 0 Å². The Labute approximate surface area is 108 Å². The Morgan fingerprint density at radius 2 is 1.59 bits per heavy atom. The maximum Gasteiger partial charge on any atom is 0.336 e. The third-order valence-electron chi connectivity index (χ3n) is 2.17. The molecule has 0 aliphatic rings. The van der Waals surface area contributed by atoms with Crippen LogP contribution < -0.4 is 0 Å². The third-order valence-corrected chi connectivity index (χ3v) is 3.77. The largest absolute Gasteiger partial charge is 0.478 e. The fourth-order valence-corrected chi connectivity index (χ4v) is 2.59. The first kappa shape index (κ1) is 12.0. The summed E-state index contributed by atoms with van der Waals surface area (Å²) in [5, 5.41) is 9.69. The molecule has 0 spiro atoms. The fraction of sp³-hybridized carbons (Fsp3) is 0. The second-order valence-electron chi connectivity index (χ2n) is 3.33. The summed E-state index contributed by atoms with van der Waals surface area (Å²) in [6.45, 7) is 0. The number of hydrogen-bond acceptors (Lipinski definition) is 2. The van der Waals surface area contributed by atoms with Crippen LogP contribution in [0.1, 0.15) is 10.4 Å². The van der Waals surface area contributed by atoms with Gasteiger partial charge in [-0.3, -0.25) is 0 Å². The fourth-order valence-electron chi connectivity index (χ4n) is 1.38. The van der Waals surface area contributed by atoms with Gasteiger partial charge in [0.15, 0.2) is 0 Å². The first-order valence-electron chi connectivity index (χ1n) is 4.93. The van der Waals surface area contributed by atoms with Crippen molar-refractivity contribution < 1.29 is 9.90 Å². The lowest BCUT2D eigenvalue weighted by molar-refractivity contribution is 0.0693. The number of benzene rings is 2. The van der Waals surface area contributed by atoms with Gasteiger partial charge in [0.1, 0.15) is 0 Å². The number of carboxylic acids is 1. The van der Waals surface area contributed by atoms with Gasteiger partial charge < -0.3 is 5.11 Å².